The van der Waals surface area contributed by atoms with Crippen molar-refractivity contribution >= 4 is 17.6 Å². The Bertz CT molecular complexity index is 1140. The summed E-state index contributed by atoms with van der Waals surface area (Å²) in [6, 6.07) is 11.4. The number of hydrogen-bond donors (Lipinski definition) is 1. The van der Waals surface area contributed by atoms with Gasteiger partial charge in [0.1, 0.15) is 11.5 Å². The summed E-state index contributed by atoms with van der Waals surface area (Å²) in [4.78, 5) is 29.4. The minimum Gasteiger partial charge on any atom is -0.497 e. The second-order valence-electron chi connectivity index (χ2n) is 8.26. The predicted molar refractivity (Wildman–Crippen MR) is 124 cm³/mol. The molecule has 4 rings (SSSR count). The first-order chi connectivity index (χ1) is 15.9. The third kappa shape index (κ3) is 4.93. The van der Waals surface area contributed by atoms with Crippen molar-refractivity contribution in [1.29, 1.82) is 0 Å². The highest BCUT2D eigenvalue weighted by molar-refractivity contribution is 5.96. The summed E-state index contributed by atoms with van der Waals surface area (Å²) < 4.78 is 12.3. The Labute approximate surface area is 192 Å². The van der Waals surface area contributed by atoms with E-state index >= 15 is 0 Å². The number of rotatable bonds is 6. The van der Waals surface area contributed by atoms with Gasteiger partial charge in [0.05, 0.1) is 19.2 Å². The molecule has 9 nitrogen and oxygen atoms in total. The molecule has 1 aliphatic heterocycles. The molecule has 0 aliphatic carbocycles. The van der Waals surface area contributed by atoms with Crippen LogP contribution < -0.4 is 10.1 Å². The lowest BCUT2D eigenvalue weighted by Crippen LogP contribution is -2.50. The summed E-state index contributed by atoms with van der Waals surface area (Å²) in [5, 5.41) is 6.51. The highest BCUT2D eigenvalue weighted by Crippen LogP contribution is 2.24. The van der Waals surface area contributed by atoms with Crippen molar-refractivity contribution in [2.75, 3.05) is 45.2 Å². The van der Waals surface area contributed by atoms with Crippen LogP contribution in [0.3, 0.4) is 0 Å². The third-order valence-electron chi connectivity index (χ3n) is 5.91. The molecule has 1 aliphatic rings. The number of nitrogens with one attached hydrogen (secondary N) is 1. The van der Waals surface area contributed by atoms with E-state index in [9.17, 15) is 9.59 Å². The minimum atomic E-state index is -0.147. The molecule has 0 radical (unpaired) electrons. The Morgan fingerprint density at radius 3 is 2.36 bits per heavy atom. The molecule has 9 heteroatoms. The Morgan fingerprint density at radius 2 is 1.76 bits per heavy atom. The molecule has 2 amide bonds. The van der Waals surface area contributed by atoms with Crippen LogP contribution in [-0.4, -0.2) is 71.2 Å². The van der Waals surface area contributed by atoms with Crippen LogP contribution in [0.25, 0.3) is 5.69 Å². The van der Waals surface area contributed by atoms with Gasteiger partial charge < -0.3 is 24.0 Å². The van der Waals surface area contributed by atoms with Crippen molar-refractivity contribution < 1.29 is 18.8 Å². The molecule has 174 valence electrons. The lowest BCUT2D eigenvalue weighted by atomic mass is 10.2. The number of methoxy groups -OCH3 is 1. The van der Waals surface area contributed by atoms with Crippen LogP contribution in [-0.2, 0) is 4.79 Å². The molecule has 33 heavy (non-hydrogen) atoms. The molecule has 1 aromatic carbocycles. The minimum absolute atomic E-state index is 0.0186. The second-order valence-corrected chi connectivity index (χ2v) is 8.26. The van der Waals surface area contributed by atoms with Crippen LogP contribution in [0.4, 0.5) is 5.82 Å². The van der Waals surface area contributed by atoms with Crippen LogP contribution in [0.5, 0.6) is 5.75 Å². The highest BCUT2D eigenvalue weighted by Gasteiger charge is 2.26. The number of carbonyl (C=O) groups is 2. The first-order valence-electron chi connectivity index (χ1n) is 10.9. The summed E-state index contributed by atoms with van der Waals surface area (Å²) in [5.41, 5.74) is 3.60. The zero-order valence-electron chi connectivity index (χ0n) is 19.4. The van der Waals surface area contributed by atoms with Gasteiger partial charge in [-0.1, -0.05) is 5.16 Å². The SMILES string of the molecule is COc1ccc(-n2c(C)cc(C(=O)N3CCN(CC(=O)Nc4cc(C)on4)CC3)c2C)cc1. The van der Waals surface area contributed by atoms with Crippen molar-refractivity contribution in [3.8, 4) is 11.4 Å². The number of anilines is 1. The molecule has 0 atom stereocenters. The maximum Gasteiger partial charge on any atom is 0.255 e. The van der Waals surface area contributed by atoms with Crippen LogP contribution in [0.2, 0.25) is 0 Å². The summed E-state index contributed by atoms with van der Waals surface area (Å²) in [6.07, 6.45) is 0. The third-order valence-corrected chi connectivity index (χ3v) is 5.91. The predicted octanol–water partition coefficient (Wildman–Crippen LogP) is 2.80. The lowest BCUT2D eigenvalue weighted by molar-refractivity contribution is -0.117. The molecular formula is C24H29N5O4. The van der Waals surface area contributed by atoms with Gasteiger partial charge in [-0.15, -0.1) is 0 Å². The molecule has 1 fully saturated rings. The number of carbonyl (C=O) groups excluding carboxylic acids is 2. The molecule has 2 aromatic heterocycles. The van der Waals surface area contributed by atoms with E-state index in [1.807, 2.05) is 54.0 Å². The average Bonchev–Trinajstić information content (AvgIpc) is 3.35. The molecule has 3 aromatic rings. The fraction of sp³-hybridized carbons (Fsp3) is 0.375. The number of amides is 2. The smallest absolute Gasteiger partial charge is 0.255 e. The van der Waals surface area contributed by atoms with Crippen molar-refractivity contribution in [1.82, 2.24) is 19.5 Å². The van der Waals surface area contributed by atoms with E-state index in [2.05, 4.69) is 15.0 Å². The van der Waals surface area contributed by atoms with Crippen molar-refractivity contribution in [3.63, 3.8) is 0 Å². The van der Waals surface area contributed by atoms with Gasteiger partial charge in [-0.05, 0) is 51.1 Å². The molecule has 1 N–H and O–H groups in total. The number of nitrogens with zero attached hydrogens (tertiary/aromatic N) is 4. The Morgan fingerprint density at radius 1 is 1.06 bits per heavy atom. The fourth-order valence-electron chi connectivity index (χ4n) is 4.20. The van der Waals surface area contributed by atoms with Crippen LogP contribution in [0, 0.1) is 20.8 Å². The maximum atomic E-state index is 13.3. The number of hydrogen-bond acceptors (Lipinski definition) is 6. The fourth-order valence-corrected chi connectivity index (χ4v) is 4.20. The molecule has 3 heterocycles. The van der Waals surface area contributed by atoms with Gasteiger partial charge in [-0.25, -0.2) is 0 Å². The van der Waals surface area contributed by atoms with Gasteiger partial charge in [0.25, 0.3) is 5.91 Å². The molecule has 0 saturated carbocycles. The van der Waals surface area contributed by atoms with Gasteiger partial charge in [-0.2, -0.15) is 0 Å². The summed E-state index contributed by atoms with van der Waals surface area (Å²) in [5.74, 6) is 1.72. The Kier molecular flexibility index (Phi) is 6.50. The highest BCUT2D eigenvalue weighted by atomic mass is 16.5. The molecule has 0 bridgehead atoms. The Balaban J connectivity index is 1.37. The summed E-state index contributed by atoms with van der Waals surface area (Å²) in [7, 11) is 1.64. The topological polar surface area (TPSA) is 92.8 Å². The largest absolute Gasteiger partial charge is 0.497 e. The standard InChI is InChI=1S/C24H29N5O4/c1-16-13-21(18(3)29(16)19-5-7-20(32-4)8-6-19)24(31)28-11-9-27(10-12-28)15-23(30)25-22-14-17(2)33-26-22/h5-8,13-14H,9-12,15H2,1-4H3,(H,25,26,30). The van der Waals surface area contributed by atoms with Crippen LogP contribution in [0.15, 0.2) is 40.9 Å². The summed E-state index contributed by atoms with van der Waals surface area (Å²) in [6.45, 7) is 8.40. The monoisotopic (exact) mass is 451 g/mol. The summed E-state index contributed by atoms with van der Waals surface area (Å²) >= 11 is 0. The van der Waals surface area contributed by atoms with E-state index in [4.69, 9.17) is 9.26 Å². The molecule has 1 saturated heterocycles. The average molecular weight is 452 g/mol. The van der Waals surface area contributed by atoms with E-state index in [0.717, 1.165) is 22.8 Å². The number of benzene rings is 1. The van der Waals surface area contributed by atoms with Gasteiger partial charge in [-0.3, -0.25) is 14.5 Å². The molecular weight excluding hydrogens is 422 g/mol. The van der Waals surface area contributed by atoms with E-state index in [0.29, 0.717) is 43.3 Å². The van der Waals surface area contributed by atoms with Crippen molar-refractivity contribution in [2.45, 2.75) is 20.8 Å². The van der Waals surface area contributed by atoms with E-state index < -0.39 is 0 Å². The second kappa shape index (κ2) is 9.50. The van der Waals surface area contributed by atoms with E-state index in [1.165, 1.54) is 0 Å². The lowest BCUT2D eigenvalue weighted by Gasteiger charge is -2.34. The first kappa shape index (κ1) is 22.6. The van der Waals surface area contributed by atoms with Crippen LogP contribution in [0.1, 0.15) is 27.5 Å². The number of aromatic nitrogens is 2. The van der Waals surface area contributed by atoms with E-state index in [-0.39, 0.29) is 18.4 Å². The maximum absolute atomic E-state index is 13.3. The number of aryl methyl sites for hydroxylation is 2. The van der Waals surface area contributed by atoms with Gasteiger partial charge in [0, 0.05) is 49.3 Å². The zero-order valence-corrected chi connectivity index (χ0v) is 19.4. The van der Waals surface area contributed by atoms with Crippen LogP contribution >= 0.6 is 0 Å². The Hall–Kier alpha value is -3.59. The molecule has 0 spiro atoms. The van der Waals surface area contributed by atoms with Crippen molar-refractivity contribution in [2.24, 2.45) is 0 Å². The first-order valence-corrected chi connectivity index (χ1v) is 10.9. The van der Waals surface area contributed by atoms with Gasteiger partial charge >= 0.3 is 0 Å². The molecule has 0 unspecified atom stereocenters. The normalized spacial score (nSPS) is 14.4. The van der Waals surface area contributed by atoms with Gasteiger partial charge in [0.15, 0.2) is 5.82 Å². The quantitative estimate of drug-likeness (QED) is 0.620. The zero-order chi connectivity index (χ0) is 23.5. The number of piperazine rings is 1. The van der Waals surface area contributed by atoms with E-state index in [1.54, 1.807) is 20.1 Å². The number of ether oxygens (including phenoxy) is 1. The van der Waals surface area contributed by atoms with Gasteiger partial charge in [0.2, 0.25) is 5.91 Å². The van der Waals surface area contributed by atoms with Crippen molar-refractivity contribution in [3.05, 3.63) is 59.1 Å².